The summed E-state index contributed by atoms with van der Waals surface area (Å²) in [7, 11) is -2.13. The van der Waals surface area contributed by atoms with Gasteiger partial charge >= 0.3 is 6.09 Å². The van der Waals surface area contributed by atoms with Crippen molar-refractivity contribution in [3.8, 4) is 11.1 Å². The van der Waals surface area contributed by atoms with Crippen molar-refractivity contribution in [2.45, 2.75) is 76.9 Å². The highest BCUT2D eigenvalue weighted by Crippen LogP contribution is 2.39. The summed E-state index contributed by atoms with van der Waals surface area (Å²) in [6, 6.07) is 15.6. The van der Waals surface area contributed by atoms with Crippen LogP contribution in [0.3, 0.4) is 0 Å². The van der Waals surface area contributed by atoms with Gasteiger partial charge in [0.15, 0.2) is 14.1 Å². The van der Waals surface area contributed by atoms with Crippen LogP contribution >= 0.6 is 0 Å². The molecule has 8 heteroatoms. The lowest BCUT2D eigenvalue weighted by Crippen LogP contribution is -2.56. The zero-order valence-corrected chi connectivity index (χ0v) is 22.9. The largest absolute Gasteiger partial charge is 0.465 e. The zero-order valence-electron chi connectivity index (χ0n) is 21.9. The van der Waals surface area contributed by atoms with Crippen molar-refractivity contribution in [2.24, 2.45) is 0 Å². The van der Waals surface area contributed by atoms with E-state index in [1.807, 2.05) is 53.1 Å². The van der Waals surface area contributed by atoms with Crippen molar-refractivity contribution >= 4 is 31.2 Å². The maximum absolute atomic E-state index is 13.3. The predicted molar refractivity (Wildman–Crippen MR) is 145 cm³/mol. The molecule has 0 spiro atoms. The zero-order chi connectivity index (χ0) is 26.1. The Kier molecular flexibility index (Phi) is 7.38. The minimum atomic E-state index is -2.13. The molecule has 1 amide bonds. The molecule has 1 aliphatic heterocycles. The summed E-state index contributed by atoms with van der Waals surface area (Å²) in [5.74, 6) is -0.0265. The van der Waals surface area contributed by atoms with Crippen molar-refractivity contribution in [3.05, 3.63) is 54.9 Å². The molecule has 7 nitrogen and oxygen atoms in total. The summed E-state index contributed by atoms with van der Waals surface area (Å²) in [6.45, 7) is 11.4. The number of carbonyl (C=O) groups is 2. The Labute approximate surface area is 214 Å². The summed E-state index contributed by atoms with van der Waals surface area (Å²) in [5, 5.41) is 9.89. The second kappa shape index (κ2) is 10.2. The van der Waals surface area contributed by atoms with Gasteiger partial charge in [-0.15, -0.1) is 0 Å². The molecule has 3 aromatic rings. The SMILES string of the molecule is CC(C)(C)[Si](C)(C)O[C@H]1CCCN(C(=O)O)[C@@H]1CC(=O)Cn1cnc2c(-c3ccccc3)cccc21. The van der Waals surface area contributed by atoms with E-state index < -0.39 is 20.5 Å². The van der Waals surface area contributed by atoms with Gasteiger partial charge in [0.05, 0.1) is 36.1 Å². The van der Waals surface area contributed by atoms with E-state index in [0.29, 0.717) is 6.54 Å². The summed E-state index contributed by atoms with van der Waals surface area (Å²) in [6.07, 6.45) is 2.08. The number of carbonyl (C=O) groups excluding carboxylic acids is 1. The summed E-state index contributed by atoms with van der Waals surface area (Å²) >= 11 is 0. The number of amides is 1. The first-order valence-corrected chi connectivity index (χ1v) is 15.6. The number of rotatable bonds is 7. The van der Waals surface area contributed by atoms with Gasteiger partial charge in [0.25, 0.3) is 0 Å². The highest BCUT2D eigenvalue weighted by molar-refractivity contribution is 6.74. The average Bonchev–Trinajstić information content (AvgIpc) is 3.22. The van der Waals surface area contributed by atoms with E-state index in [-0.39, 0.29) is 29.9 Å². The molecule has 0 aliphatic carbocycles. The molecule has 0 bridgehead atoms. The molecule has 4 rings (SSSR count). The van der Waals surface area contributed by atoms with E-state index in [1.54, 1.807) is 6.33 Å². The number of piperidine rings is 1. The van der Waals surface area contributed by atoms with Crippen molar-refractivity contribution in [2.75, 3.05) is 6.54 Å². The summed E-state index contributed by atoms with van der Waals surface area (Å²) in [5.41, 5.74) is 3.83. The molecule has 2 atom stereocenters. The minimum Gasteiger partial charge on any atom is -0.465 e. The molecule has 1 aliphatic rings. The maximum Gasteiger partial charge on any atom is 0.407 e. The van der Waals surface area contributed by atoms with Crippen LogP contribution in [-0.2, 0) is 15.8 Å². The van der Waals surface area contributed by atoms with Crippen LogP contribution in [0.25, 0.3) is 22.2 Å². The van der Waals surface area contributed by atoms with Gasteiger partial charge in [0.2, 0.25) is 0 Å². The number of hydrogen-bond donors (Lipinski definition) is 1. The van der Waals surface area contributed by atoms with Gasteiger partial charge in [-0.3, -0.25) is 4.79 Å². The van der Waals surface area contributed by atoms with Gasteiger partial charge < -0.3 is 19.0 Å². The number of imidazole rings is 1. The molecule has 2 aromatic carbocycles. The maximum atomic E-state index is 13.3. The number of likely N-dealkylation sites (tertiary alicyclic amines) is 1. The first kappa shape index (κ1) is 26.1. The molecule has 0 unspecified atom stereocenters. The first-order chi connectivity index (χ1) is 17.0. The molecule has 1 saturated heterocycles. The predicted octanol–water partition coefficient (Wildman–Crippen LogP) is 6.20. The number of Topliss-reactive ketones (excluding diaryl/α,β-unsaturated/α-hetero) is 1. The van der Waals surface area contributed by atoms with Crippen molar-refractivity contribution in [1.29, 1.82) is 0 Å². The topological polar surface area (TPSA) is 84.7 Å². The van der Waals surface area contributed by atoms with E-state index in [2.05, 4.69) is 38.8 Å². The molecule has 0 radical (unpaired) electrons. The smallest absolute Gasteiger partial charge is 0.407 e. The number of para-hydroxylation sites is 1. The summed E-state index contributed by atoms with van der Waals surface area (Å²) in [4.78, 5) is 31.4. The third-order valence-corrected chi connectivity index (χ3v) is 12.2. The van der Waals surface area contributed by atoms with Crippen LogP contribution in [0.2, 0.25) is 18.1 Å². The van der Waals surface area contributed by atoms with Crippen molar-refractivity contribution in [1.82, 2.24) is 14.5 Å². The molecule has 2 heterocycles. The van der Waals surface area contributed by atoms with Crippen LogP contribution in [0.15, 0.2) is 54.9 Å². The Balaban J connectivity index is 1.56. The molecular weight excluding hydrogens is 470 g/mol. The number of ketones is 1. The van der Waals surface area contributed by atoms with Crippen molar-refractivity contribution < 1.29 is 19.1 Å². The molecule has 0 saturated carbocycles. The summed E-state index contributed by atoms with van der Waals surface area (Å²) < 4.78 is 8.53. The molecule has 1 fully saturated rings. The van der Waals surface area contributed by atoms with Gasteiger partial charge in [-0.1, -0.05) is 63.2 Å². The molecule has 1 N–H and O–H groups in total. The molecular formula is C28H37N3O4Si. The van der Waals surface area contributed by atoms with Crippen LogP contribution in [0.1, 0.15) is 40.0 Å². The van der Waals surface area contributed by atoms with Gasteiger partial charge in [-0.2, -0.15) is 0 Å². The Morgan fingerprint density at radius 3 is 2.50 bits per heavy atom. The molecule has 36 heavy (non-hydrogen) atoms. The standard InChI is InChI=1S/C28H37N3O4Si/c1-28(2,3)36(4,5)35-25-15-10-16-31(27(33)34)24(25)17-21(32)18-30-19-29-26-22(13-9-14-23(26)30)20-11-7-6-8-12-20/h6-9,11-14,19,24-25H,10,15-18H2,1-5H3,(H,33,34)/t24-,25+/m1/s1. The molecule has 1 aromatic heterocycles. The Morgan fingerprint density at radius 1 is 1.11 bits per heavy atom. The quantitative estimate of drug-likeness (QED) is 0.385. The third-order valence-electron chi connectivity index (χ3n) is 7.73. The van der Waals surface area contributed by atoms with E-state index >= 15 is 0 Å². The number of benzene rings is 2. The minimum absolute atomic E-state index is 0.000748. The van der Waals surface area contributed by atoms with Crippen LogP contribution in [0.5, 0.6) is 0 Å². The first-order valence-electron chi connectivity index (χ1n) is 12.7. The Hall–Kier alpha value is -2.97. The number of fused-ring (bicyclic) bond motifs is 1. The third kappa shape index (κ3) is 5.39. The number of aromatic nitrogens is 2. The van der Waals surface area contributed by atoms with Crippen molar-refractivity contribution in [3.63, 3.8) is 0 Å². The van der Waals surface area contributed by atoms with Crippen LogP contribution < -0.4 is 0 Å². The monoisotopic (exact) mass is 507 g/mol. The average molecular weight is 508 g/mol. The lowest BCUT2D eigenvalue weighted by atomic mass is 9.95. The van der Waals surface area contributed by atoms with E-state index in [1.165, 1.54) is 4.90 Å². The Morgan fingerprint density at radius 2 is 1.83 bits per heavy atom. The fourth-order valence-corrected chi connectivity index (χ4v) is 6.13. The van der Waals surface area contributed by atoms with Crippen LogP contribution in [-0.4, -0.2) is 58.4 Å². The Bertz CT molecular complexity index is 1230. The second-order valence-electron chi connectivity index (χ2n) is 11.3. The van der Waals surface area contributed by atoms with E-state index in [0.717, 1.165) is 35.0 Å². The lowest BCUT2D eigenvalue weighted by molar-refractivity contribution is -0.122. The highest BCUT2D eigenvalue weighted by atomic mass is 28.4. The number of carboxylic acid groups (broad SMARTS) is 1. The molecule has 192 valence electrons. The van der Waals surface area contributed by atoms with Crippen LogP contribution in [0.4, 0.5) is 4.79 Å². The fraction of sp³-hybridized carbons (Fsp3) is 0.464. The van der Waals surface area contributed by atoms with Gasteiger partial charge in [0.1, 0.15) is 0 Å². The van der Waals surface area contributed by atoms with E-state index in [9.17, 15) is 14.7 Å². The normalized spacial score (nSPS) is 19.0. The van der Waals surface area contributed by atoms with Gasteiger partial charge in [-0.25, -0.2) is 9.78 Å². The van der Waals surface area contributed by atoms with Gasteiger partial charge in [-0.05, 0) is 42.6 Å². The highest BCUT2D eigenvalue weighted by Gasteiger charge is 2.44. The van der Waals surface area contributed by atoms with Gasteiger partial charge in [0, 0.05) is 18.5 Å². The second-order valence-corrected chi connectivity index (χ2v) is 16.0. The van der Waals surface area contributed by atoms with Crippen LogP contribution in [0, 0.1) is 0 Å². The lowest BCUT2D eigenvalue weighted by Gasteiger charge is -2.45. The fourth-order valence-electron chi connectivity index (χ4n) is 4.75. The number of hydrogen-bond acceptors (Lipinski definition) is 4. The van der Waals surface area contributed by atoms with E-state index in [4.69, 9.17) is 4.43 Å². The number of nitrogens with zero attached hydrogens (tertiary/aromatic N) is 3.